The van der Waals surface area contributed by atoms with Crippen LogP contribution in [0, 0.1) is 0 Å². The summed E-state index contributed by atoms with van der Waals surface area (Å²) in [5, 5.41) is 22.1. The van der Waals surface area contributed by atoms with E-state index in [4.69, 9.17) is 12.2 Å². The van der Waals surface area contributed by atoms with Gasteiger partial charge in [-0.05, 0) is 6.92 Å². The molecule has 0 aromatic rings. The van der Waals surface area contributed by atoms with E-state index in [1.807, 2.05) is 0 Å². The van der Waals surface area contributed by atoms with E-state index >= 15 is 0 Å². The first-order chi connectivity index (χ1) is 5.48. The summed E-state index contributed by atoms with van der Waals surface area (Å²) >= 11 is 4.98. The molecule has 0 amide bonds. The summed E-state index contributed by atoms with van der Waals surface area (Å²) < 4.78 is 0.0486. The van der Waals surface area contributed by atoms with Crippen molar-refractivity contribution >= 4 is 17.3 Å². The molecule has 0 aromatic heterocycles. The smallest absolute Gasteiger partial charge is 0.280 e. The van der Waals surface area contributed by atoms with Crippen molar-refractivity contribution in [3.8, 4) is 0 Å². The normalized spacial score (nSPS) is 30.6. The molecule has 0 spiro atoms. The Kier molecular flexibility index (Phi) is 4.47. The number of hydrogen-bond donors (Lipinski definition) is 3. The molecular formula is C7H13BrN2O2S. The van der Waals surface area contributed by atoms with Crippen LogP contribution < -0.4 is 22.3 Å². The van der Waals surface area contributed by atoms with Gasteiger partial charge in [0.1, 0.15) is 12.3 Å². The van der Waals surface area contributed by atoms with Crippen molar-refractivity contribution in [3.05, 3.63) is 12.4 Å². The molecule has 0 saturated heterocycles. The molecular weight excluding hydrogens is 256 g/mol. The molecule has 6 heteroatoms. The zero-order chi connectivity index (χ0) is 9.35. The first-order valence-electron chi connectivity index (χ1n) is 3.69. The predicted octanol–water partition coefficient (Wildman–Crippen LogP) is -3.50. The molecule has 1 aliphatic rings. The summed E-state index contributed by atoms with van der Waals surface area (Å²) in [5.74, 6) is 0. The molecule has 4 nitrogen and oxygen atoms in total. The minimum Gasteiger partial charge on any atom is -1.00 e. The van der Waals surface area contributed by atoms with Crippen LogP contribution in [0.25, 0.3) is 0 Å². The van der Waals surface area contributed by atoms with E-state index in [9.17, 15) is 10.2 Å². The lowest BCUT2D eigenvalue weighted by molar-refractivity contribution is -0.824. The van der Waals surface area contributed by atoms with Crippen LogP contribution in [0.3, 0.4) is 0 Å². The van der Waals surface area contributed by atoms with Crippen molar-refractivity contribution in [1.82, 2.24) is 5.32 Å². The fraction of sp³-hybridized carbons (Fsp3) is 0.571. The van der Waals surface area contributed by atoms with E-state index in [0.29, 0.717) is 5.11 Å². The number of nitrogens with one attached hydrogen (secondary N) is 1. The van der Waals surface area contributed by atoms with Gasteiger partial charge in [-0.15, -0.1) is 0 Å². The molecule has 0 aromatic carbocycles. The molecule has 1 heterocycles. The van der Waals surface area contributed by atoms with Gasteiger partial charge >= 0.3 is 0 Å². The van der Waals surface area contributed by atoms with Crippen LogP contribution in [0.15, 0.2) is 12.4 Å². The van der Waals surface area contributed by atoms with Crippen LogP contribution in [0.2, 0.25) is 0 Å². The first-order valence-corrected chi connectivity index (χ1v) is 4.10. The highest BCUT2D eigenvalue weighted by Gasteiger charge is 2.40. The van der Waals surface area contributed by atoms with Crippen LogP contribution in [0.4, 0.5) is 0 Å². The molecule has 0 bridgehead atoms. The number of hydrogen-bond acceptors (Lipinski definition) is 3. The summed E-state index contributed by atoms with van der Waals surface area (Å²) in [7, 11) is 1.73. The SMILES string of the molecule is CC(O)C(O)[N+]1(C)C=CNC1=S.[Br-]. The highest BCUT2D eigenvalue weighted by Crippen LogP contribution is 2.17. The topological polar surface area (TPSA) is 52.5 Å². The Labute approximate surface area is 93.2 Å². The number of quaternary nitrogens is 1. The Balaban J connectivity index is 0.00000144. The van der Waals surface area contributed by atoms with Crippen LogP contribution in [-0.4, -0.2) is 39.2 Å². The third-order valence-electron chi connectivity index (χ3n) is 2.01. The summed E-state index contributed by atoms with van der Waals surface area (Å²) in [5.41, 5.74) is 0. The second-order valence-electron chi connectivity index (χ2n) is 3.07. The van der Waals surface area contributed by atoms with Crippen molar-refractivity contribution in [3.63, 3.8) is 0 Å². The molecule has 3 N–H and O–H groups in total. The van der Waals surface area contributed by atoms with Gasteiger partial charge in [-0.1, -0.05) is 0 Å². The largest absolute Gasteiger partial charge is 1.00 e. The monoisotopic (exact) mass is 268 g/mol. The number of aliphatic hydroxyl groups excluding tert-OH is 2. The van der Waals surface area contributed by atoms with Gasteiger partial charge < -0.3 is 32.5 Å². The second-order valence-corrected chi connectivity index (χ2v) is 3.45. The molecule has 0 aliphatic carbocycles. The Morgan fingerprint density at radius 2 is 2.08 bits per heavy atom. The molecule has 76 valence electrons. The lowest BCUT2D eigenvalue weighted by atomic mass is 10.3. The summed E-state index contributed by atoms with van der Waals surface area (Å²) in [6.45, 7) is 1.53. The van der Waals surface area contributed by atoms with Crippen LogP contribution >= 0.6 is 12.2 Å². The number of aliphatic hydroxyl groups is 2. The Morgan fingerprint density at radius 3 is 2.38 bits per heavy atom. The van der Waals surface area contributed by atoms with Crippen molar-refractivity contribution in [2.75, 3.05) is 7.05 Å². The second kappa shape index (κ2) is 4.47. The van der Waals surface area contributed by atoms with Crippen molar-refractivity contribution in [2.45, 2.75) is 19.3 Å². The third kappa shape index (κ3) is 2.26. The predicted molar refractivity (Wildman–Crippen MR) is 48.7 cm³/mol. The van der Waals surface area contributed by atoms with Crippen molar-refractivity contribution < 1.29 is 31.7 Å². The minimum absolute atomic E-state index is 0. The quantitative estimate of drug-likeness (QED) is 0.360. The van der Waals surface area contributed by atoms with Gasteiger partial charge in [-0.2, -0.15) is 0 Å². The first kappa shape index (κ1) is 13.0. The maximum Gasteiger partial charge on any atom is 0.280 e. The summed E-state index contributed by atoms with van der Waals surface area (Å²) in [4.78, 5) is 0. The molecule has 1 rings (SSSR count). The van der Waals surface area contributed by atoms with Gasteiger partial charge in [0, 0.05) is 12.2 Å². The zero-order valence-electron chi connectivity index (χ0n) is 7.44. The van der Waals surface area contributed by atoms with E-state index in [2.05, 4.69) is 5.32 Å². The van der Waals surface area contributed by atoms with Gasteiger partial charge in [0.2, 0.25) is 6.23 Å². The third-order valence-corrected chi connectivity index (χ3v) is 2.52. The minimum atomic E-state index is -0.913. The number of rotatable bonds is 2. The lowest BCUT2D eigenvalue weighted by Crippen LogP contribution is -3.00. The Morgan fingerprint density at radius 1 is 1.54 bits per heavy atom. The number of nitrogens with zero attached hydrogens (tertiary/aromatic N) is 1. The highest BCUT2D eigenvalue weighted by molar-refractivity contribution is 7.80. The van der Waals surface area contributed by atoms with E-state index in [1.165, 1.54) is 6.92 Å². The van der Waals surface area contributed by atoms with Crippen molar-refractivity contribution in [2.24, 2.45) is 0 Å². The van der Waals surface area contributed by atoms with E-state index in [-0.39, 0.29) is 21.5 Å². The van der Waals surface area contributed by atoms with Gasteiger partial charge in [-0.25, -0.2) is 4.48 Å². The van der Waals surface area contributed by atoms with Crippen molar-refractivity contribution in [1.29, 1.82) is 0 Å². The molecule has 0 fully saturated rings. The van der Waals surface area contributed by atoms with E-state index in [0.717, 1.165) is 0 Å². The average molecular weight is 269 g/mol. The molecule has 0 radical (unpaired) electrons. The molecule has 3 unspecified atom stereocenters. The molecule has 13 heavy (non-hydrogen) atoms. The van der Waals surface area contributed by atoms with E-state index < -0.39 is 12.3 Å². The van der Waals surface area contributed by atoms with Crippen LogP contribution in [-0.2, 0) is 0 Å². The standard InChI is InChI=1S/C7H12N2O2S.BrH/c1-5(10)6(11)9(2)4-3-8-7(9)12;/h3-6,10-11H,1-2H3;1H. The fourth-order valence-electron chi connectivity index (χ4n) is 1.13. The average Bonchev–Trinajstić information content (AvgIpc) is 2.32. The van der Waals surface area contributed by atoms with Gasteiger partial charge in [0.25, 0.3) is 5.11 Å². The van der Waals surface area contributed by atoms with E-state index in [1.54, 1.807) is 19.4 Å². The summed E-state index contributed by atoms with van der Waals surface area (Å²) in [6, 6.07) is 0. The fourth-order valence-corrected chi connectivity index (χ4v) is 1.36. The maximum absolute atomic E-state index is 9.60. The summed E-state index contributed by atoms with van der Waals surface area (Å²) in [6.07, 6.45) is 1.65. The molecule has 0 saturated carbocycles. The molecule has 1 aliphatic heterocycles. The Hall–Kier alpha value is -0.0100. The lowest BCUT2D eigenvalue weighted by Gasteiger charge is -2.31. The Bertz CT molecular complexity index is 235. The molecule has 3 atom stereocenters. The number of halogens is 1. The van der Waals surface area contributed by atoms with Gasteiger partial charge in [-0.3, -0.25) is 0 Å². The van der Waals surface area contributed by atoms with Crippen LogP contribution in [0.5, 0.6) is 0 Å². The highest BCUT2D eigenvalue weighted by atomic mass is 79.9. The van der Waals surface area contributed by atoms with Crippen LogP contribution in [0.1, 0.15) is 6.92 Å². The number of thiocarbonyl (C=S) groups is 1. The number of likely N-dealkylation sites (N-methyl/N-ethyl adjacent to an activating group) is 1. The van der Waals surface area contributed by atoms with Gasteiger partial charge in [0.05, 0.1) is 13.2 Å². The zero-order valence-corrected chi connectivity index (χ0v) is 9.84. The maximum atomic E-state index is 9.60. The van der Waals surface area contributed by atoms with Gasteiger partial charge in [0.15, 0.2) is 0 Å².